The van der Waals surface area contributed by atoms with E-state index in [2.05, 4.69) is 5.32 Å². The maximum Gasteiger partial charge on any atom is 0.312 e. The van der Waals surface area contributed by atoms with Gasteiger partial charge in [0, 0.05) is 38.6 Å². The van der Waals surface area contributed by atoms with Gasteiger partial charge in [-0.3, -0.25) is 14.4 Å². The monoisotopic (exact) mass is 349 g/mol. The third-order valence-electron chi connectivity index (χ3n) is 4.07. The minimum absolute atomic E-state index is 0.00283. The van der Waals surface area contributed by atoms with E-state index in [9.17, 15) is 18.8 Å². The number of aryl methyl sites for hydroxylation is 1. The summed E-state index contributed by atoms with van der Waals surface area (Å²) in [6, 6.07) is 6.02. The Bertz CT molecular complexity index is 623. The Morgan fingerprint density at radius 2 is 1.60 bits per heavy atom. The van der Waals surface area contributed by atoms with Crippen molar-refractivity contribution in [2.75, 3.05) is 26.2 Å². The molecule has 1 aromatic carbocycles. The molecule has 1 aliphatic rings. The predicted molar refractivity (Wildman–Crippen MR) is 91.2 cm³/mol. The summed E-state index contributed by atoms with van der Waals surface area (Å²) in [5, 5.41) is 2.58. The van der Waals surface area contributed by atoms with Gasteiger partial charge in [0.25, 0.3) is 0 Å². The number of benzene rings is 1. The fourth-order valence-corrected chi connectivity index (χ4v) is 2.69. The molecule has 0 unspecified atom stereocenters. The lowest BCUT2D eigenvalue weighted by molar-refractivity contribution is -0.148. The molecule has 0 aliphatic carbocycles. The van der Waals surface area contributed by atoms with Crippen LogP contribution in [0.1, 0.15) is 25.8 Å². The Morgan fingerprint density at radius 3 is 2.16 bits per heavy atom. The van der Waals surface area contributed by atoms with Crippen LogP contribution in [0.15, 0.2) is 24.3 Å². The van der Waals surface area contributed by atoms with Crippen molar-refractivity contribution in [2.45, 2.75) is 32.7 Å². The van der Waals surface area contributed by atoms with E-state index in [1.807, 2.05) is 0 Å². The van der Waals surface area contributed by atoms with E-state index in [-0.39, 0.29) is 17.8 Å². The summed E-state index contributed by atoms with van der Waals surface area (Å²) < 4.78 is 12.9. The lowest BCUT2D eigenvalue weighted by Gasteiger charge is -2.34. The Morgan fingerprint density at radius 1 is 1.04 bits per heavy atom. The molecule has 1 aromatic rings. The van der Waals surface area contributed by atoms with Gasteiger partial charge in [-0.2, -0.15) is 0 Å². The van der Waals surface area contributed by atoms with Gasteiger partial charge in [0.1, 0.15) is 5.82 Å². The highest BCUT2D eigenvalue weighted by Crippen LogP contribution is 2.09. The fraction of sp³-hybridized carbons (Fsp3) is 0.500. The van der Waals surface area contributed by atoms with Crippen molar-refractivity contribution in [3.05, 3.63) is 35.6 Å². The quantitative estimate of drug-likeness (QED) is 0.823. The van der Waals surface area contributed by atoms with Crippen molar-refractivity contribution in [3.63, 3.8) is 0 Å². The molecular weight excluding hydrogens is 325 g/mol. The van der Waals surface area contributed by atoms with Gasteiger partial charge in [0.2, 0.25) is 5.91 Å². The Kier molecular flexibility index (Phi) is 6.50. The molecule has 0 radical (unpaired) electrons. The van der Waals surface area contributed by atoms with E-state index in [0.717, 1.165) is 5.56 Å². The van der Waals surface area contributed by atoms with E-state index >= 15 is 0 Å². The lowest BCUT2D eigenvalue weighted by Crippen LogP contribution is -2.54. The Labute approximate surface area is 147 Å². The van der Waals surface area contributed by atoms with Crippen molar-refractivity contribution in [1.82, 2.24) is 15.1 Å². The van der Waals surface area contributed by atoms with E-state index in [4.69, 9.17) is 0 Å². The number of hydrogen-bond donors (Lipinski definition) is 1. The molecule has 0 saturated carbocycles. The maximum atomic E-state index is 12.9. The molecule has 0 bridgehead atoms. The molecule has 0 atom stereocenters. The summed E-state index contributed by atoms with van der Waals surface area (Å²) in [5.74, 6) is -1.45. The summed E-state index contributed by atoms with van der Waals surface area (Å²) in [4.78, 5) is 39.2. The molecule has 1 fully saturated rings. The van der Waals surface area contributed by atoms with Crippen LogP contribution >= 0.6 is 0 Å². The van der Waals surface area contributed by atoms with Crippen LogP contribution in [-0.2, 0) is 20.8 Å². The topological polar surface area (TPSA) is 69.7 Å². The van der Waals surface area contributed by atoms with E-state index in [0.29, 0.717) is 39.0 Å². The third kappa shape index (κ3) is 5.55. The third-order valence-corrected chi connectivity index (χ3v) is 4.07. The van der Waals surface area contributed by atoms with Crippen molar-refractivity contribution in [1.29, 1.82) is 0 Å². The molecule has 3 amide bonds. The van der Waals surface area contributed by atoms with Crippen LogP contribution in [0.5, 0.6) is 0 Å². The van der Waals surface area contributed by atoms with Crippen LogP contribution in [0.3, 0.4) is 0 Å². The standard InChI is InChI=1S/C18H24FN3O3/c1-13(2)20-17(24)18(25)22-11-9-21(10-12-22)16(23)8-5-14-3-6-15(19)7-4-14/h3-4,6-7,13H,5,8-12H2,1-2H3,(H,20,24). The van der Waals surface area contributed by atoms with Gasteiger partial charge in [-0.15, -0.1) is 0 Å². The second-order valence-electron chi connectivity index (χ2n) is 6.43. The summed E-state index contributed by atoms with van der Waals surface area (Å²) in [6.07, 6.45) is 0.891. The molecule has 6 nitrogen and oxygen atoms in total. The van der Waals surface area contributed by atoms with Gasteiger partial charge >= 0.3 is 11.8 Å². The highest BCUT2D eigenvalue weighted by atomic mass is 19.1. The van der Waals surface area contributed by atoms with Crippen LogP contribution < -0.4 is 5.32 Å². The zero-order chi connectivity index (χ0) is 18.4. The number of amides is 3. The molecule has 0 spiro atoms. The van der Waals surface area contributed by atoms with Crippen LogP contribution in [0, 0.1) is 5.82 Å². The number of carbonyl (C=O) groups excluding carboxylic acids is 3. The molecule has 25 heavy (non-hydrogen) atoms. The van der Waals surface area contributed by atoms with E-state index in [1.54, 1.807) is 30.9 Å². The summed E-state index contributed by atoms with van der Waals surface area (Å²) in [6.45, 7) is 5.14. The minimum atomic E-state index is -0.605. The summed E-state index contributed by atoms with van der Waals surface area (Å²) >= 11 is 0. The van der Waals surface area contributed by atoms with Crippen LogP contribution in [0.2, 0.25) is 0 Å². The second kappa shape index (κ2) is 8.60. The van der Waals surface area contributed by atoms with Crippen LogP contribution in [0.25, 0.3) is 0 Å². The normalized spacial score (nSPS) is 14.6. The summed E-state index contributed by atoms with van der Waals surface area (Å²) in [5.41, 5.74) is 0.911. The lowest BCUT2D eigenvalue weighted by atomic mass is 10.1. The van der Waals surface area contributed by atoms with Gasteiger partial charge in [-0.05, 0) is 38.0 Å². The van der Waals surface area contributed by atoms with Crippen molar-refractivity contribution >= 4 is 17.7 Å². The number of nitrogens with one attached hydrogen (secondary N) is 1. The average Bonchev–Trinajstić information content (AvgIpc) is 2.60. The first-order valence-corrected chi connectivity index (χ1v) is 8.49. The molecule has 0 aromatic heterocycles. The van der Waals surface area contributed by atoms with Crippen LogP contribution in [-0.4, -0.2) is 59.7 Å². The first-order valence-electron chi connectivity index (χ1n) is 8.49. The predicted octanol–water partition coefficient (Wildman–Crippen LogP) is 0.954. The molecular formula is C18H24FN3O3. The SMILES string of the molecule is CC(C)NC(=O)C(=O)N1CCN(C(=O)CCc2ccc(F)cc2)CC1. The molecule has 1 heterocycles. The van der Waals surface area contributed by atoms with Crippen LogP contribution in [0.4, 0.5) is 4.39 Å². The van der Waals surface area contributed by atoms with Gasteiger partial charge < -0.3 is 15.1 Å². The molecule has 2 rings (SSSR count). The van der Waals surface area contributed by atoms with Gasteiger partial charge in [0.05, 0.1) is 0 Å². The van der Waals surface area contributed by atoms with Crippen molar-refractivity contribution in [2.24, 2.45) is 0 Å². The number of piperazine rings is 1. The van der Waals surface area contributed by atoms with E-state index < -0.39 is 11.8 Å². The Balaban J connectivity index is 1.77. The molecule has 136 valence electrons. The number of halogens is 1. The second-order valence-corrected chi connectivity index (χ2v) is 6.43. The number of rotatable bonds is 4. The van der Waals surface area contributed by atoms with Gasteiger partial charge in [-0.1, -0.05) is 12.1 Å². The first-order chi connectivity index (χ1) is 11.9. The van der Waals surface area contributed by atoms with Gasteiger partial charge in [0.15, 0.2) is 0 Å². The first kappa shape index (κ1) is 18.9. The highest BCUT2D eigenvalue weighted by Gasteiger charge is 2.27. The summed E-state index contributed by atoms with van der Waals surface area (Å²) in [7, 11) is 0. The number of carbonyl (C=O) groups is 3. The Hall–Kier alpha value is -2.44. The largest absolute Gasteiger partial charge is 0.346 e. The molecule has 1 N–H and O–H groups in total. The fourth-order valence-electron chi connectivity index (χ4n) is 2.69. The van der Waals surface area contributed by atoms with E-state index in [1.165, 1.54) is 17.0 Å². The number of hydrogen-bond acceptors (Lipinski definition) is 3. The van der Waals surface area contributed by atoms with Gasteiger partial charge in [-0.25, -0.2) is 4.39 Å². The average molecular weight is 349 g/mol. The zero-order valence-electron chi connectivity index (χ0n) is 14.6. The maximum absolute atomic E-state index is 12.9. The van der Waals surface area contributed by atoms with Crippen molar-refractivity contribution < 1.29 is 18.8 Å². The minimum Gasteiger partial charge on any atom is -0.346 e. The van der Waals surface area contributed by atoms with Crippen molar-refractivity contribution in [3.8, 4) is 0 Å². The number of nitrogens with zero attached hydrogens (tertiary/aromatic N) is 2. The zero-order valence-corrected chi connectivity index (χ0v) is 14.6. The molecule has 7 heteroatoms. The highest BCUT2D eigenvalue weighted by molar-refractivity contribution is 6.35. The molecule has 1 aliphatic heterocycles. The molecule has 1 saturated heterocycles. The smallest absolute Gasteiger partial charge is 0.312 e.